The van der Waals surface area contributed by atoms with Crippen LogP contribution in [0.5, 0.6) is 0 Å². The minimum atomic E-state index is -2.08. The molecule has 4 heteroatoms. The molecule has 0 spiro atoms. The maximum atomic E-state index is 11.9. The van der Waals surface area contributed by atoms with E-state index in [-0.39, 0.29) is 5.97 Å². The Balaban J connectivity index is 1.93. The molecule has 2 heterocycles. The van der Waals surface area contributed by atoms with Crippen LogP contribution in [0.1, 0.15) is 10.4 Å². The minimum absolute atomic E-state index is 0.175. The molecule has 3 aromatic rings. The molecule has 0 bridgehead atoms. The normalized spacial score (nSPS) is 15.6. The van der Waals surface area contributed by atoms with E-state index >= 15 is 0 Å². The molecule has 0 saturated carbocycles. The SMILES string of the molecule is O=C1OI(c2c[nH]c3ccccc23)c2ccccc21. The van der Waals surface area contributed by atoms with E-state index in [2.05, 4.69) is 11.1 Å². The summed E-state index contributed by atoms with van der Waals surface area (Å²) >= 11 is -2.08. The van der Waals surface area contributed by atoms with Gasteiger partial charge >= 0.3 is 117 Å². The maximum absolute atomic E-state index is 11.9. The first-order valence-electron chi connectivity index (χ1n) is 5.92. The number of aromatic nitrogens is 1. The molecule has 0 fully saturated rings. The van der Waals surface area contributed by atoms with Gasteiger partial charge in [0.2, 0.25) is 0 Å². The van der Waals surface area contributed by atoms with Crippen molar-refractivity contribution in [3.63, 3.8) is 0 Å². The quantitative estimate of drug-likeness (QED) is 0.669. The van der Waals surface area contributed by atoms with Gasteiger partial charge in [0, 0.05) is 0 Å². The van der Waals surface area contributed by atoms with Gasteiger partial charge in [0.1, 0.15) is 0 Å². The van der Waals surface area contributed by atoms with Crippen molar-refractivity contribution in [2.75, 3.05) is 0 Å². The monoisotopic (exact) mass is 363 g/mol. The van der Waals surface area contributed by atoms with Gasteiger partial charge in [-0.1, -0.05) is 0 Å². The fraction of sp³-hybridized carbons (Fsp3) is 0. The van der Waals surface area contributed by atoms with E-state index < -0.39 is 20.2 Å². The Kier molecular flexibility index (Phi) is 2.38. The summed E-state index contributed by atoms with van der Waals surface area (Å²) in [6.07, 6.45) is 1.99. The topological polar surface area (TPSA) is 42.1 Å². The number of benzene rings is 2. The van der Waals surface area contributed by atoms with Gasteiger partial charge in [-0.25, -0.2) is 0 Å². The van der Waals surface area contributed by atoms with Gasteiger partial charge in [-0.3, -0.25) is 0 Å². The molecule has 94 valence electrons. The van der Waals surface area contributed by atoms with Crippen LogP contribution >= 0.6 is 20.2 Å². The second-order valence-corrected chi connectivity index (χ2v) is 8.46. The van der Waals surface area contributed by atoms with Crippen LogP contribution < -0.4 is 0 Å². The molecule has 19 heavy (non-hydrogen) atoms. The van der Waals surface area contributed by atoms with Crippen LogP contribution in [0.3, 0.4) is 0 Å². The van der Waals surface area contributed by atoms with E-state index in [0.717, 1.165) is 23.6 Å². The molecule has 2 aromatic carbocycles. The molecular formula is C15H10INO2. The number of H-pyrrole nitrogens is 1. The molecule has 1 aliphatic heterocycles. The van der Waals surface area contributed by atoms with E-state index in [0.29, 0.717) is 0 Å². The van der Waals surface area contributed by atoms with Crippen molar-refractivity contribution in [2.45, 2.75) is 0 Å². The molecular weight excluding hydrogens is 353 g/mol. The second-order valence-electron chi connectivity index (χ2n) is 4.28. The van der Waals surface area contributed by atoms with E-state index in [9.17, 15) is 4.79 Å². The van der Waals surface area contributed by atoms with Crippen LogP contribution in [0.25, 0.3) is 10.9 Å². The van der Waals surface area contributed by atoms with Gasteiger partial charge in [-0.2, -0.15) is 0 Å². The summed E-state index contributed by atoms with van der Waals surface area (Å²) in [5, 5.41) is 1.16. The molecule has 0 amide bonds. The Labute approximate surface area is 117 Å². The molecule has 0 atom stereocenters. The average Bonchev–Trinajstić information content (AvgIpc) is 3.01. The first-order valence-corrected chi connectivity index (χ1v) is 8.96. The van der Waals surface area contributed by atoms with Crippen LogP contribution in [-0.2, 0) is 3.07 Å². The van der Waals surface area contributed by atoms with E-state index in [1.54, 1.807) is 0 Å². The molecule has 4 rings (SSSR count). The Bertz CT molecular complexity index is 793. The second kappa shape index (κ2) is 4.09. The first-order chi connectivity index (χ1) is 9.34. The number of fused-ring (bicyclic) bond motifs is 2. The number of hydrogen-bond donors (Lipinski definition) is 1. The van der Waals surface area contributed by atoms with Crippen LogP contribution in [0.2, 0.25) is 0 Å². The molecule has 3 nitrogen and oxygen atoms in total. The van der Waals surface area contributed by atoms with Gasteiger partial charge < -0.3 is 0 Å². The van der Waals surface area contributed by atoms with Crippen molar-refractivity contribution < 1.29 is 7.86 Å². The van der Waals surface area contributed by atoms with Crippen molar-refractivity contribution in [3.8, 4) is 0 Å². The van der Waals surface area contributed by atoms with Crippen LogP contribution in [0, 0.1) is 7.14 Å². The number of nitrogens with one attached hydrogen (secondary N) is 1. The van der Waals surface area contributed by atoms with Crippen molar-refractivity contribution in [2.24, 2.45) is 0 Å². The number of hydrogen-bond acceptors (Lipinski definition) is 2. The van der Waals surface area contributed by atoms with Gasteiger partial charge in [0.05, 0.1) is 0 Å². The van der Waals surface area contributed by atoms with Gasteiger partial charge in [-0.15, -0.1) is 0 Å². The number of para-hydroxylation sites is 1. The zero-order valence-corrected chi connectivity index (χ0v) is 12.0. The molecule has 0 saturated heterocycles. The third-order valence-electron chi connectivity index (χ3n) is 3.15. The Morgan fingerprint density at radius 2 is 1.74 bits per heavy atom. The summed E-state index contributed by atoms with van der Waals surface area (Å²) in [5.74, 6) is -0.175. The van der Waals surface area contributed by atoms with Crippen LogP contribution in [0.15, 0.2) is 54.7 Å². The summed E-state index contributed by atoms with van der Waals surface area (Å²) in [5.41, 5.74) is 1.83. The summed E-state index contributed by atoms with van der Waals surface area (Å²) in [4.78, 5) is 15.2. The number of carbonyl (C=O) groups excluding carboxylic acids is 1. The van der Waals surface area contributed by atoms with Crippen molar-refractivity contribution >= 4 is 37.1 Å². The van der Waals surface area contributed by atoms with E-state index in [4.69, 9.17) is 3.07 Å². The number of rotatable bonds is 1. The predicted octanol–water partition coefficient (Wildman–Crippen LogP) is 3.80. The Hall–Kier alpha value is -1.82. The van der Waals surface area contributed by atoms with Crippen LogP contribution in [0.4, 0.5) is 0 Å². The third-order valence-corrected chi connectivity index (χ3v) is 7.93. The van der Waals surface area contributed by atoms with E-state index in [1.807, 2.05) is 48.7 Å². The number of aromatic amines is 1. The average molecular weight is 363 g/mol. The predicted molar refractivity (Wildman–Crippen MR) is 81.6 cm³/mol. The van der Waals surface area contributed by atoms with Gasteiger partial charge in [0.15, 0.2) is 0 Å². The van der Waals surface area contributed by atoms with Crippen molar-refractivity contribution in [1.82, 2.24) is 4.98 Å². The number of carbonyl (C=O) groups is 1. The molecule has 1 aliphatic rings. The Morgan fingerprint density at radius 3 is 2.68 bits per heavy atom. The van der Waals surface area contributed by atoms with Gasteiger partial charge in [-0.05, 0) is 0 Å². The fourth-order valence-corrected chi connectivity index (χ4v) is 6.90. The van der Waals surface area contributed by atoms with Crippen molar-refractivity contribution in [3.05, 3.63) is 67.4 Å². The molecule has 1 N–H and O–H groups in total. The molecule has 0 radical (unpaired) electrons. The van der Waals surface area contributed by atoms with Gasteiger partial charge in [0.25, 0.3) is 0 Å². The van der Waals surface area contributed by atoms with E-state index in [1.165, 1.54) is 0 Å². The summed E-state index contributed by atoms with van der Waals surface area (Å²) < 4.78 is 7.95. The molecule has 1 aromatic heterocycles. The first kappa shape index (κ1) is 11.0. The standard InChI is InChI=1S/C15H10INO2/c18-15-11-6-1-3-7-12(11)16(19-15)13-9-17-14-8-4-2-5-10(13)14/h1-9,17H. The molecule has 0 aliphatic carbocycles. The van der Waals surface area contributed by atoms with Crippen LogP contribution in [-0.4, -0.2) is 11.0 Å². The Morgan fingerprint density at radius 1 is 0.947 bits per heavy atom. The van der Waals surface area contributed by atoms with Crippen molar-refractivity contribution in [1.29, 1.82) is 0 Å². The fourth-order valence-electron chi connectivity index (χ4n) is 2.26. The molecule has 0 unspecified atom stereocenters. The third kappa shape index (κ3) is 1.59. The summed E-state index contributed by atoms with van der Waals surface area (Å²) in [6.45, 7) is 0. The number of halogens is 1. The summed E-state index contributed by atoms with van der Waals surface area (Å²) in [6, 6.07) is 15.9. The summed E-state index contributed by atoms with van der Waals surface area (Å²) in [7, 11) is 0. The zero-order chi connectivity index (χ0) is 12.8. The zero-order valence-electron chi connectivity index (χ0n) is 9.89.